The van der Waals surface area contributed by atoms with Gasteiger partial charge in [-0.25, -0.2) is 9.78 Å². The molecule has 35 heavy (non-hydrogen) atoms. The molecule has 0 spiro atoms. The third kappa shape index (κ3) is 5.24. The Kier molecular flexibility index (Phi) is 6.97. The van der Waals surface area contributed by atoms with Gasteiger partial charge in [-0.2, -0.15) is 13.2 Å². The Bertz CT molecular complexity index is 1450. The van der Waals surface area contributed by atoms with Crippen molar-refractivity contribution in [1.29, 1.82) is 0 Å². The van der Waals surface area contributed by atoms with E-state index in [-0.39, 0.29) is 17.8 Å². The number of carbonyl (C=O) groups is 1. The second-order valence-electron chi connectivity index (χ2n) is 7.63. The molecular weight excluding hydrogens is 485 g/mol. The van der Waals surface area contributed by atoms with Crippen molar-refractivity contribution in [2.24, 2.45) is 0 Å². The van der Waals surface area contributed by atoms with Crippen LogP contribution < -0.4 is 15.0 Å². The molecule has 184 valence electrons. The first-order chi connectivity index (χ1) is 16.7. The van der Waals surface area contributed by atoms with Gasteiger partial charge in [-0.15, -0.1) is 11.3 Å². The minimum Gasteiger partial charge on any atom is -0.493 e. The van der Waals surface area contributed by atoms with Gasteiger partial charge in [0.1, 0.15) is 10.7 Å². The second-order valence-corrected chi connectivity index (χ2v) is 8.66. The number of thiophene rings is 1. The van der Waals surface area contributed by atoms with E-state index in [9.17, 15) is 22.8 Å². The molecule has 0 aliphatic carbocycles. The third-order valence-corrected chi connectivity index (χ3v) is 6.26. The van der Waals surface area contributed by atoms with Crippen molar-refractivity contribution in [3.05, 3.63) is 52.3 Å². The predicted octanol–water partition coefficient (Wildman–Crippen LogP) is 5.55. The van der Waals surface area contributed by atoms with E-state index in [1.54, 1.807) is 18.2 Å². The fraction of sp³-hybridized carbons (Fsp3) is 0.292. The van der Waals surface area contributed by atoms with Gasteiger partial charge >= 0.3 is 12.1 Å². The number of hydrogen-bond acceptors (Lipinski definition) is 7. The predicted molar refractivity (Wildman–Crippen MR) is 126 cm³/mol. The van der Waals surface area contributed by atoms with Gasteiger partial charge < -0.3 is 19.2 Å². The molecule has 0 bridgehead atoms. The van der Waals surface area contributed by atoms with Crippen LogP contribution in [0, 0.1) is 0 Å². The lowest BCUT2D eigenvalue weighted by molar-refractivity contribution is -0.146. The number of methoxy groups -OCH3 is 1. The van der Waals surface area contributed by atoms with Crippen LogP contribution in [0.25, 0.3) is 31.7 Å². The number of aromatic amines is 1. The molecule has 7 nitrogen and oxygen atoms in total. The van der Waals surface area contributed by atoms with Crippen LogP contribution in [0.1, 0.15) is 25.3 Å². The summed E-state index contributed by atoms with van der Waals surface area (Å²) >= 11 is 1.01. The number of unbranched alkanes of at least 4 members (excludes halogenated alkanes) is 1. The summed E-state index contributed by atoms with van der Waals surface area (Å²) in [7, 11) is 1.43. The summed E-state index contributed by atoms with van der Waals surface area (Å²) in [5.41, 5.74) is -0.764. The van der Waals surface area contributed by atoms with Gasteiger partial charge in [0.25, 0.3) is 5.56 Å². The molecule has 0 saturated heterocycles. The number of alkyl halides is 3. The molecule has 0 aliphatic rings. The molecule has 2 aromatic carbocycles. The molecule has 11 heteroatoms. The Balaban J connectivity index is 1.63. The molecule has 2 heterocycles. The highest BCUT2D eigenvalue weighted by atomic mass is 32.1. The average molecular weight is 507 g/mol. The standard InChI is InChI=1S/C24H21F3N2O5S/c1-3-4-9-33-19(30)12-34-16-8-5-13(10-17(16)32-2)21-28-22(31)20-15-7-6-14(24(25,26)27)11-18(15)35-23(20)29-21/h5-8,10-11H,3-4,9,12H2,1-2H3,(H,28,29,31). The quantitative estimate of drug-likeness (QED) is 0.249. The van der Waals surface area contributed by atoms with Gasteiger partial charge in [-0.05, 0) is 36.8 Å². The van der Waals surface area contributed by atoms with Crippen LogP contribution in [0.2, 0.25) is 0 Å². The first-order valence-electron chi connectivity index (χ1n) is 10.7. The van der Waals surface area contributed by atoms with Crippen LogP contribution in [0.15, 0.2) is 41.2 Å². The molecule has 4 rings (SSSR count). The van der Waals surface area contributed by atoms with Gasteiger partial charge in [-0.1, -0.05) is 19.4 Å². The van der Waals surface area contributed by atoms with Crippen LogP contribution in [0.4, 0.5) is 13.2 Å². The zero-order valence-corrected chi connectivity index (χ0v) is 19.6. The van der Waals surface area contributed by atoms with Crippen LogP contribution in [-0.4, -0.2) is 36.3 Å². The van der Waals surface area contributed by atoms with E-state index in [0.29, 0.717) is 38.6 Å². The molecule has 0 fully saturated rings. The number of nitrogens with one attached hydrogen (secondary N) is 1. The smallest absolute Gasteiger partial charge is 0.416 e. The number of ether oxygens (including phenoxy) is 3. The minimum absolute atomic E-state index is 0.217. The molecule has 0 radical (unpaired) electrons. The van der Waals surface area contributed by atoms with Crippen LogP contribution >= 0.6 is 11.3 Å². The monoisotopic (exact) mass is 506 g/mol. The van der Waals surface area contributed by atoms with Gasteiger partial charge in [0.05, 0.1) is 24.7 Å². The van der Waals surface area contributed by atoms with Crippen LogP contribution in [0.3, 0.4) is 0 Å². The van der Waals surface area contributed by atoms with E-state index < -0.39 is 23.3 Å². The molecule has 0 atom stereocenters. The van der Waals surface area contributed by atoms with E-state index in [4.69, 9.17) is 14.2 Å². The second kappa shape index (κ2) is 9.95. The van der Waals surface area contributed by atoms with E-state index >= 15 is 0 Å². The summed E-state index contributed by atoms with van der Waals surface area (Å²) in [5, 5.41) is 0.640. The van der Waals surface area contributed by atoms with Crippen molar-refractivity contribution in [3.8, 4) is 22.9 Å². The maximum absolute atomic E-state index is 13.1. The molecule has 1 N–H and O–H groups in total. The van der Waals surface area contributed by atoms with Crippen molar-refractivity contribution >= 4 is 37.6 Å². The summed E-state index contributed by atoms with van der Waals surface area (Å²) in [6.45, 7) is 2.02. The lowest BCUT2D eigenvalue weighted by Gasteiger charge is -2.12. The highest BCUT2D eigenvalue weighted by molar-refractivity contribution is 7.25. The minimum atomic E-state index is -4.48. The van der Waals surface area contributed by atoms with Crippen molar-refractivity contribution in [2.75, 3.05) is 20.3 Å². The summed E-state index contributed by atoms with van der Waals surface area (Å²) in [6.07, 6.45) is -2.81. The van der Waals surface area contributed by atoms with E-state index in [0.717, 1.165) is 36.3 Å². The molecule has 0 amide bonds. The summed E-state index contributed by atoms with van der Waals surface area (Å²) in [4.78, 5) is 32.1. The largest absolute Gasteiger partial charge is 0.493 e. The van der Waals surface area contributed by atoms with Crippen molar-refractivity contribution in [1.82, 2.24) is 9.97 Å². The Labute approximate surface area is 201 Å². The van der Waals surface area contributed by atoms with Crippen LogP contribution in [-0.2, 0) is 15.7 Å². The highest BCUT2D eigenvalue weighted by Crippen LogP contribution is 2.37. The normalized spacial score (nSPS) is 11.7. The van der Waals surface area contributed by atoms with Crippen LogP contribution in [0.5, 0.6) is 11.5 Å². The van der Waals surface area contributed by atoms with Gasteiger partial charge in [0, 0.05) is 15.6 Å². The molecule has 0 unspecified atom stereocenters. The maximum atomic E-state index is 13.1. The number of aromatic nitrogens is 2. The number of benzene rings is 2. The Hall–Kier alpha value is -3.60. The highest BCUT2D eigenvalue weighted by Gasteiger charge is 2.31. The SMILES string of the molecule is CCCCOC(=O)COc1ccc(-c2nc3sc4cc(C(F)(F)F)ccc4c3c(=O)[nH]2)cc1OC. The fourth-order valence-corrected chi connectivity index (χ4v) is 4.55. The maximum Gasteiger partial charge on any atom is 0.416 e. The zero-order valence-electron chi connectivity index (χ0n) is 18.8. The summed E-state index contributed by atoms with van der Waals surface area (Å²) < 4.78 is 55.5. The fourth-order valence-electron chi connectivity index (χ4n) is 3.44. The number of rotatable bonds is 8. The number of H-pyrrole nitrogens is 1. The molecule has 0 saturated carbocycles. The van der Waals surface area contributed by atoms with E-state index in [1.165, 1.54) is 13.2 Å². The molecule has 2 aromatic heterocycles. The van der Waals surface area contributed by atoms with Gasteiger partial charge in [0.2, 0.25) is 0 Å². The Morgan fingerprint density at radius 1 is 1.14 bits per heavy atom. The van der Waals surface area contributed by atoms with Gasteiger partial charge in [0.15, 0.2) is 18.1 Å². The number of carbonyl (C=O) groups excluding carboxylic acids is 1. The zero-order chi connectivity index (χ0) is 25.2. The number of fused-ring (bicyclic) bond motifs is 3. The Morgan fingerprint density at radius 3 is 2.66 bits per heavy atom. The lowest BCUT2D eigenvalue weighted by Crippen LogP contribution is -2.15. The van der Waals surface area contributed by atoms with E-state index in [1.807, 2.05) is 6.92 Å². The molecule has 4 aromatic rings. The number of halogens is 3. The first kappa shape index (κ1) is 24.5. The number of esters is 1. The van der Waals surface area contributed by atoms with Crippen molar-refractivity contribution in [3.63, 3.8) is 0 Å². The van der Waals surface area contributed by atoms with Crippen molar-refractivity contribution in [2.45, 2.75) is 25.9 Å². The molecule has 0 aliphatic heterocycles. The Morgan fingerprint density at radius 2 is 1.94 bits per heavy atom. The van der Waals surface area contributed by atoms with Crippen molar-refractivity contribution < 1.29 is 32.2 Å². The molecular formula is C24H21F3N2O5S. The van der Waals surface area contributed by atoms with Gasteiger partial charge in [-0.3, -0.25) is 4.79 Å². The summed E-state index contributed by atoms with van der Waals surface area (Å²) in [5.74, 6) is 0.319. The lowest BCUT2D eigenvalue weighted by atomic mass is 10.1. The summed E-state index contributed by atoms with van der Waals surface area (Å²) in [6, 6.07) is 8.03. The number of nitrogens with zero attached hydrogens (tertiary/aromatic N) is 1. The first-order valence-corrected chi connectivity index (χ1v) is 11.5. The average Bonchev–Trinajstić information content (AvgIpc) is 3.20. The number of hydrogen-bond donors (Lipinski definition) is 1. The topological polar surface area (TPSA) is 90.5 Å². The third-order valence-electron chi connectivity index (χ3n) is 5.21. The van der Waals surface area contributed by atoms with E-state index in [2.05, 4.69) is 9.97 Å².